The summed E-state index contributed by atoms with van der Waals surface area (Å²) in [6.45, 7) is 4.78. The third kappa shape index (κ3) is 4.76. The molecule has 9 heteroatoms. The summed E-state index contributed by atoms with van der Waals surface area (Å²) >= 11 is 5.41. The summed E-state index contributed by atoms with van der Waals surface area (Å²) in [5.41, 5.74) is 0.997. The van der Waals surface area contributed by atoms with Crippen LogP contribution in [-0.4, -0.2) is 67.8 Å². The molecule has 3 fully saturated rings. The quantitative estimate of drug-likeness (QED) is 0.283. The van der Waals surface area contributed by atoms with Crippen LogP contribution >= 0.6 is 27.7 Å². The molecule has 1 aromatic rings. The van der Waals surface area contributed by atoms with E-state index in [1.54, 1.807) is 16.7 Å². The van der Waals surface area contributed by atoms with Crippen molar-refractivity contribution in [1.29, 1.82) is 0 Å². The zero-order valence-corrected chi connectivity index (χ0v) is 22.8. The minimum Gasteiger partial charge on any atom is -0.394 e. The number of likely N-dealkylation sites (tertiary alicyclic amines) is 1. The summed E-state index contributed by atoms with van der Waals surface area (Å²) in [5.74, 6) is -1.58. The number of thioether (sulfide) groups is 1. The minimum absolute atomic E-state index is 0.0357. The number of aliphatic hydroxyl groups excluding tert-OH is 1. The first-order valence-corrected chi connectivity index (χ1v) is 14.5. The lowest BCUT2D eigenvalue weighted by atomic mass is 9.70. The van der Waals surface area contributed by atoms with Gasteiger partial charge >= 0.3 is 0 Å². The molecule has 1 spiro atoms. The van der Waals surface area contributed by atoms with Crippen molar-refractivity contribution in [2.75, 3.05) is 13.2 Å². The van der Waals surface area contributed by atoms with E-state index in [1.165, 1.54) is 0 Å². The summed E-state index contributed by atoms with van der Waals surface area (Å²) in [6.07, 6.45) is 4.16. The molecule has 7 nitrogen and oxygen atoms in total. The van der Waals surface area contributed by atoms with Crippen LogP contribution in [0.1, 0.15) is 51.5 Å². The van der Waals surface area contributed by atoms with Crippen molar-refractivity contribution in [3.63, 3.8) is 0 Å². The molecule has 3 amide bonds. The molecule has 0 aliphatic carbocycles. The molecule has 192 valence electrons. The number of hydrogen-bond acceptors (Lipinski definition) is 5. The molecule has 0 radical (unpaired) electrons. The Morgan fingerprint density at radius 1 is 1.20 bits per heavy atom. The molecule has 0 aromatic heterocycles. The Bertz CT molecular complexity index is 930. The monoisotopic (exact) mass is 565 g/mol. The normalized spacial score (nSPS) is 31.9. The van der Waals surface area contributed by atoms with E-state index in [9.17, 15) is 19.5 Å². The van der Waals surface area contributed by atoms with Gasteiger partial charge in [0.2, 0.25) is 17.7 Å². The summed E-state index contributed by atoms with van der Waals surface area (Å²) < 4.78 is -0.678. The minimum atomic E-state index is -0.694. The fraction of sp³-hybridized carbons (Fsp3) is 0.654. The first-order chi connectivity index (χ1) is 16.9. The number of nitrogens with one attached hydrogen (secondary N) is 2. The molecular formula is C26H36BrN3O4S. The first kappa shape index (κ1) is 26.5. The van der Waals surface area contributed by atoms with E-state index in [4.69, 9.17) is 0 Å². The van der Waals surface area contributed by atoms with Gasteiger partial charge in [0.15, 0.2) is 0 Å². The molecule has 2 bridgehead atoms. The Morgan fingerprint density at radius 3 is 2.60 bits per heavy atom. The van der Waals surface area contributed by atoms with Crippen LogP contribution in [0.2, 0.25) is 0 Å². The van der Waals surface area contributed by atoms with Crippen LogP contribution in [0.15, 0.2) is 30.3 Å². The fourth-order valence-electron chi connectivity index (χ4n) is 6.06. The van der Waals surface area contributed by atoms with E-state index in [-0.39, 0.29) is 34.4 Å². The third-order valence-corrected chi connectivity index (χ3v) is 11.0. The van der Waals surface area contributed by atoms with Crippen molar-refractivity contribution < 1.29 is 19.5 Å². The molecule has 3 saturated heterocycles. The summed E-state index contributed by atoms with van der Waals surface area (Å²) in [7, 11) is 0. The van der Waals surface area contributed by atoms with E-state index >= 15 is 0 Å². The molecule has 35 heavy (non-hydrogen) atoms. The highest BCUT2D eigenvalue weighted by Gasteiger charge is 2.76. The van der Waals surface area contributed by atoms with Crippen LogP contribution in [0.3, 0.4) is 0 Å². The second-order valence-electron chi connectivity index (χ2n) is 9.86. The average molecular weight is 567 g/mol. The lowest BCUT2D eigenvalue weighted by molar-refractivity contribution is -0.142. The van der Waals surface area contributed by atoms with Crippen LogP contribution in [-0.2, 0) is 20.9 Å². The van der Waals surface area contributed by atoms with Gasteiger partial charge in [-0.25, -0.2) is 0 Å². The predicted molar refractivity (Wildman–Crippen MR) is 141 cm³/mol. The number of rotatable bonds is 11. The maximum atomic E-state index is 13.9. The number of carbonyl (C=O) groups excluding carboxylic acids is 3. The molecule has 0 saturated carbocycles. The Labute approximate surface area is 220 Å². The molecule has 4 rings (SSSR count). The topological polar surface area (TPSA) is 98.7 Å². The lowest BCUT2D eigenvalue weighted by Crippen LogP contribution is -2.57. The van der Waals surface area contributed by atoms with E-state index in [0.29, 0.717) is 25.9 Å². The van der Waals surface area contributed by atoms with Gasteiger partial charge in [0.25, 0.3) is 0 Å². The average Bonchev–Trinajstić information content (AvgIpc) is 3.45. The molecule has 1 aromatic carbocycles. The largest absolute Gasteiger partial charge is 0.394 e. The Balaban J connectivity index is 1.62. The number of amides is 3. The zero-order valence-electron chi connectivity index (χ0n) is 20.4. The molecule has 3 unspecified atom stereocenters. The summed E-state index contributed by atoms with van der Waals surface area (Å²) in [4.78, 5) is 42.7. The molecule has 7 atom stereocenters. The number of alkyl halides is 1. The van der Waals surface area contributed by atoms with Crippen molar-refractivity contribution in [3.8, 4) is 0 Å². The maximum Gasteiger partial charge on any atom is 0.244 e. The smallest absolute Gasteiger partial charge is 0.244 e. The Kier molecular flexibility index (Phi) is 8.49. The molecule has 3 heterocycles. The van der Waals surface area contributed by atoms with E-state index < -0.39 is 28.7 Å². The predicted octanol–water partition coefficient (Wildman–Crippen LogP) is 2.84. The van der Waals surface area contributed by atoms with Gasteiger partial charge in [0, 0.05) is 23.2 Å². The van der Waals surface area contributed by atoms with Crippen molar-refractivity contribution in [2.24, 2.45) is 11.8 Å². The number of halogens is 1. The molecule has 3 N–H and O–H groups in total. The third-order valence-electron chi connectivity index (χ3n) is 7.74. The van der Waals surface area contributed by atoms with Gasteiger partial charge in [0.05, 0.1) is 29.2 Å². The second-order valence-corrected chi connectivity index (χ2v) is 12.6. The Morgan fingerprint density at radius 2 is 1.94 bits per heavy atom. The number of carbonyl (C=O) groups is 3. The Hall–Kier alpha value is -1.58. The zero-order chi connectivity index (χ0) is 25.2. The fourth-order valence-corrected chi connectivity index (χ4v) is 9.66. The molecule has 3 aliphatic heterocycles. The standard InChI is InChI=1S/C26H36BrN3O4S/c1-3-5-9-12-28-24(33)22-26-13-18(27)21(35-26)19(20(26)25(34)30(22)17(4-2)15-31)23(32)29-14-16-10-7-6-8-11-16/h6-8,10-11,17-22,31H,3-5,9,12-15H2,1-2H3,(H,28,33)(H,29,32)/t17-,18?,19-,20-,21-,22?,26?/m0/s1. The van der Waals surface area contributed by atoms with Crippen molar-refractivity contribution >= 4 is 45.4 Å². The van der Waals surface area contributed by atoms with Crippen LogP contribution in [0, 0.1) is 11.8 Å². The van der Waals surface area contributed by atoms with E-state index in [1.807, 2.05) is 37.3 Å². The van der Waals surface area contributed by atoms with Gasteiger partial charge in [0.1, 0.15) is 6.04 Å². The van der Waals surface area contributed by atoms with Gasteiger partial charge in [-0.05, 0) is 24.8 Å². The van der Waals surface area contributed by atoms with Gasteiger partial charge in [-0.2, -0.15) is 0 Å². The molecular weight excluding hydrogens is 530 g/mol. The molecule has 3 aliphatic rings. The number of fused-ring (bicyclic) bond motifs is 1. The highest BCUT2D eigenvalue weighted by molar-refractivity contribution is 9.09. The number of benzene rings is 1. The lowest BCUT2D eigenvalue weighted by Gasteiger charge is -2.37. The number of hydrogen-bond donors (Lipinski definition) is 3. The summed E-state index contributed by atoms with van der Waals surface area (Å²) in [5, 5.41) is 16.1. The van der Waals surface area contributed by atoms with Crippen LogP contribution in [0.25, 0.3) is 0 Å². The second kappa shape index (κ2) is 11.2. The first-order valence-electron chi connectivity index (χ1n) is 12.7. The van der Waals surface area contributed by atoms with Gasteiger partial charge < -0.3 is 20.6 Å². The highest BCUT2D eigenvalue weighted by Crippen LogP contribution is 2.68. The van der Waals surface area contributed by atoms with Gasteiger partial charge in [-0.1, -0.05) is 73.0 Å². The van der Waals surface area contributed by atoms with Crippen LogP contribution < -0.4 is 10.6 Å². The van der Waals surface area contributed by atoms with Crippen LogP contribution in [0.4, 0.5) is 0 Å². The number of nitrogens with zero attached hydrogens (tertiary/aromatic N) is 1. The number of unbranched alkanes of at least 4 members (excludes halogenated alkanes) is 2. The highest BCUT2D eigenvalue weighted by atomic mass is 79.9. The van der Waals surface area contributed by atoms with Crippen molar-refractivity contribution in [3.05, 3.63) is 35.9 Å². The van der Waals surface area contributed by atoms with Crippen LogP contribution in [0.5, 0.6) is 0 Å². The SMILES string of the molecule is CCCCCNC(=O)C1N([C@@H](CC)CO)C(=O)[C@@H]2[C@H](C(=O)NCc3ccccc3)[C@H]3SC12CC3Br. The van der Waals surface area contributed by atoms with Crippen molar-refractivity contribution in [1.82, 2.24) is 15.5 Å². The van der Waals surface area contributed by atoms with Gasteiger partial charge in [-0.3, -0.25) is 14.4 Å². The van der Waals surface area contributed by atoms with Gasteiger partial charge in [-0.15, -0.1) is 11.8 Å². The number of aliphatic hydroxyl groups is 1. The van der Waals surface area contributed by atoms with E-state index in [0.717, 1.165) is 24.8 Å². The maximum absolute atomic E-state index is 13.9. The van der Waals surface area contributed by atoms with E-state index in [2.05, 4.69) is 33.5 Å². The van der Waals surface area contributed by atoms with Crippen molar-refractivity contribution in [2.45, 2.75) is 79.4 Å². The summed E-state index contributed by atoms with van der Waals surface area (Å²) in [6, 6.07) is 8.57.